The van der Waals surface area contributed by atoms with Gasteiger partial charge in [-0.1, -0.05) is 23.7 Å². The average molecular weight is 343 g/mol. The van der Waals surface area contributed by atoms with Crippen LogP contribution in [-0.4, -0.2) is 27.4 Å². The number of nitrogens with one attached hydrogen (secondary N) is 1. The van der Waals surface area contributed by atoms with E-state index in [1.54, 1.807) is 24.4 Å². The quantitative estimate of drug-likeness (QED) is 0.604. The average Bonchev–Trinajstić information content (AvgIpc) is 2.86. The zero-order valence-electron chi connectivity index (χ0n) is 12.7. The predicted molar refractivity (Wildman–Crippen MR) is 94.6 cm³/mol. The highest BCUT2D eigenvalue weighted by Gasteiger charge is 2.09. The molecule has 3 rings (SSSR count). The number of aliphatic carboxylic acids is 1. The minimum absolute atomic E-state index is 0.0260. The predicted octanol–water partition coefficient (Wildman–Crippen LogP) is 4.29. The van der Waals surface area contributed by atoms with E-state index >= 15 is 0 Å². The summed E-state index contributed by atoms with van der Waals surface area (Å²) in [6.07, 6.45) is 2.10. The number of carboxylic acid groups (broad SMARTS) is 1. The van der Waals surface area contributed by atoms with Gasteiger partial charge in [-0.3, -0.25) is 9.79 Å². The third kappa shape index (κ3) is 3.58. The first kappa shape index (κ1) is 16.1. The summed E-state index contributed by atoms with van der Waals surface area (Å²) < 4.78 is 0. The number of aryl methyl sites for hydroxylation is 1. The number of rotatable bonds is 5. The van der Waals surface area contributed by atoms with Crippen LogP contribution in [0.3, 0.4) is 0 Å². The minimum Gasteiger partial charge on any atom is -0.494 e. The molecular formula is C18H15ClN2O3. The van der Waals surface area contributed by atoms with Crippen molar-refractivity contribution in [1.29, 1.82) is 0 Å². The molecule has 1 heterocycles. The molecular weight excluding hydrogens is 328 g/mol. The maximum atomic E-state index is 10.7. The van der Waals surface area contributed by atoms with Gasteiger partial charge in [0.1, 0.15) is 0 Å². The molecule has 0 aliphatic carbocycles. The Bertz CT molecular complexity index is 931. The van der Waals surface area contributed by atoms with Crippen LogP contribution in [0.4, 0.5) is 5.69 Å². The normalized spacial score (nSPS) is 11.4. The van der Waals surface area contributed by atoms with Crippen LogP contribution in [-0.2, 0) is 11.2 Å². The Kier molecular flexibility index (Phi) is 4.53. The summed E-state index contributed by atoms with van der Waals surface area (Å²) in [5.74, 6) is -0.803. The molecule has 0 atom stereocenters. The zero-order valence-corrected chi connectivity index (χ0v) is 13.4. The first-order valence-electron chi connectivity index (χ1n) is 7.38. The maximum Gasteiger partial charge on any atom is 0.303 e. The van der Waals surface area contributed by atoms with Crippen LogP contribution >= 0.6 is 11.6 Å². The molecule has 5 nitrogen and oxygen atoms in total. The second-order valence-electron chi connectivity index (χ2n) is 5.40. The lowest BCUT2D eigenvalue weighted by Crippen LogP contribution is -1.96. The molecule has 1 aromatic heterocycles. The lowest BCUT2D eigenvalue weighted by Gasteiger charge is -2.00. The zero-order chi connectivity index (χ0) is 17.1. The van der Waals surface area contributed by atoms with Crippen molar-refractivity contribution in [3.05, 3.63) is 58.6 Å². The van der Waals surface area contributed by atoms with Gasteiger partial charge < -0.3 is 15.2 Å². The van der Waals surface area contributed by atoms with Gasteiger partial charge in [-0.2, -0.15) is 0 Å². The largest absolute Gasteiger partial charge is 0.494 e. The van der Waals surface area contributed by atoms with E-state index in [9.17, 15) is 9.90 Å². The summed E-state index contributed by atoms with van der Waals surface area (Å²) in [5, 5.41) is 20.2. The third-order valence-corrected chi connectivity index (χ3v) is 3.90. The van der Waals surface area contributed by atoms with E-state index in [4.69, 9.17) is 16.7 Å². The molecule has 2 aromatic carbocycles. The van der Waals surface area contributed by atoms with Crippen molar-refractivity contribution >= 4 is 40.4 Å². The van der Waals surface area contributed by atoms with Gasteiger partial charge in [0.2, 0.25) is 0 Å². The monoisotopic (exact) mass is 342 g/mol. The molecule has 0 aliphatic rings. The summed E-state index contributed by atoms with van der Waals surface area (Å²) in [4.78, 5) is 17.9. The number of aromatic hydroxyl groups is 1. The molecule has 6 heteroatoms. The number of aromatic nitrogens is 1. The Morgan fingerprint density at radius 2 is 2.08 bits per heavy atom. The fourth-order valence-electron chi connectivity index (χ4n) is 2.48. The maximum absolute atomic E-state index is 10.7. The van der Waals surface area contributed by atoms with Crippen LogP contribution in [0.1, 0.15) is 17.5 Å². The van der Waals surface area contributed by atoms with E-state index in [2.05, 4.69) is 9.98 Å². The van der Waals surface area contributed by atoms with Crippen molar-refractivity contribution in [3.63, 3.8) is 0 Å². The van der Waals surface area contributed by atoms with Gasteiger partial charge in [-0.25, -0.2) is 0 Å². The van der Waals surface area contributed by atoms with Crippen molar-refractivity contribution in [2.24, 2.45) is 4.99 Å². The first-order valence-corrected chi connectivity index (χ1v) is 7.76. The van der Waals surface area contributed by atoms with Gasteiger partial charge in [-0.05, 0) is 42.3 Å². The van der Waals surface area contributed by atoms with Crippen molar-refractivity contribution in [2.75, 3.05) is 0 Å². The van der Waals surface area contributed by atoms with Crippen LogP contribution in [0, 0.1) is 0 Å². The third-order valence-electron chi connectivity index (χ3n) is 3.66. The van der Waals surface area contributed by atoms with E-state index in [0.29, 0.717) is 22.7 Å². The summed E-state index contributed by atoms with van der Waals surface area (Å²) in [7, 11) is 0. The molecule has 122 valence electrons. The Hall–Kier alpha value is -2.79. The summed E-state index contributed by atoms with van der Waals surface area (Å²) in [5.41, 5.74) is 2.92. The Morgan fingerprint density at radius 1 is 1.25 bits per heavy atom. The van der Waals surface area contributed by atoms with E-state index in [1.165, 1.54) is 0 Å². The van der Waals surface area contributed by atoms with Gasteiger partial charge in [0.05, 0.1) is 11.3 Å². The van der Waals surface area contributed by atoms with Gasteiger partial charge in [0.25, 0.3) is 0 Å². The minimum atomic E-state index is -0.829. The number of fused-ring (bicyclic) bond motifs is 1. The van der Waals surface area contributed by atoms with Crippen LogP contribution in [0.2, 0.25) is 5.02 Å². The van der Waals surface area contributed by atoms with Gasteiger partial charge in [0.15, 0.2) is 5.88 Å². The second kappa shape index (κ2) is 6.76. The van der Waals surface area contributed by atoms with Crippen molar-refractivity contribution in [3.8, 4) is 5.88 Å². The lowest BCUT2D eigenvalue weighted by atomic mass is 10.1. The summed E-state index contributed by atoms with van der Waals surface area (Å²) >= 11 is 6.01. The number of H-pyrrole nitrogens is 1. The number of aliphatic imine (C=N–C) groups is 1. The number of carbonyl (C=O) groups is 1. The van der Waals surface area contributed by atoms with E-state index < -0.39 is 5.97 Å². The molecule has 0 radical (unpaired) electrons. The first-order chi connectivity index (χ1) is 11.5. The number of hydrogen-bond acceptors (Lipinski definition) is 3. The van der Waals surface area contributed by atoms with Crippen molar-refractivity contribution in [2.45, 2.75) is 12.8 Å². The van der Waals surface area contributed by atoms with Gasteiger partial charge in [0, 0.05) is 28.6 Å². The van der Waals surface area contributed by atoms with Gasteiger partial charge >= 0.3 is 5.97 Å². The Balaban J connectivity index is 1.88. The molecule has 0 fully saturated rings. The Labute approximate surface area is 143 Å². The number of halogens is 1. The highest BCUT2D eigenvalue weighted by atomic mass is 35.5. The number of aromatic amines is 1. The molecule has 0 saturated carbocycles. The molecule has 24 heavy (non-hydrogen) atoms. The molecule has 3 N–H and O–H groups in total. The van der Waals surface area contributed by atoms with Crippen LogP contribution in [0.15, 0.2) is 47.5 Å². The van der Waals surface area contributed by atoms with Gasteiger partial charge in [-0.15, -0.1) is 0 Å². The van der Waals surface area contributed by atoms with Crippen LogP contribution in [0.5, 0.6) is 5.88 Å². The summed E-state index contributed by atoms with van der Waals surface area (Å²) in [6.45, 7) is 0. The number of hydrogen-bond donors (Lipinski definition) is 3. The molecule has 0 spiro atoms. The standard InChI is InChI=1S/C18H15ClN2O3/c19-12-5-6-16-14(9-12)15(18(24)21-16)10-20-13-3-1-2-11(8-13)4-7-17(22)23/h1-3,5-6,8-10,21,24H,4,7H2,(H,22,23). The molecule has 0 saturated heterocycles. The topological polar surface area (TPSA) is 85.7 Å². The van der Waals surface area contributed by atoms with Crippen molar-refractivity contribution < 1.29 is 15.0 Å². The van der Waals surface area contributed by atoms with Crippen molar-refractivity contribution in [1.82, 2.24) is 4.98 Å². The molecule has 0 unspecified atom stereocenters. The second-order valence-corrected chi connectivity index (χ2v) is 5.84. The fraction of sp³-hybridized carbons (Fsp3) is 0.111. The van der Waals surface area contributed by atoms with E-state index in [-0.39, 0.29) is 12.3 Å². The smallest absolute Gasteiger partial charge is 0.303 e. The number of nitrogens with zero attached hydrogens (tertiary/aromatic N) is 1. The Morgan fingerprint density at radius 3 is 2.88 bits per heavy atom. The number of benzene rings is 2. The summed E-state index contributed by atoms with van der Waals surface area (Å²) in [6, 6.07) is 12.6. The van der Waals surface area contributed by atoms with E-state index in [0.717, 1.165) is 16.5 Å². The molecule has 0 aliphatic heterocycles. The van der Waals surface area contributed by atoms with Crippen LogP contribution < -0.4 is 0 Å². The highest BCUT2D eigenvalue weighted by Crippen LogP contribution is 2.28. The SMILES string of the molecule is O=C(O)CCc1cccc(N=Cc2c(O)[nH]c3ccc(Cl)cc23)c1. The lowest BCUT2D eigenvalue weighted by molar-refractivity contribution is -0.136. The number of carboxylic acids is 1. The fourth-order valence-corrected chi connectivity index (χ4v) is 2.66. The van der Waals surface area contributed by atoms with Crippen LogP contribution in [0.25, 0.3) is 10.9 Å². The molecule has 0 bridgehead atoms. The van der Waals surface area contributed by atoms with E-state index in [1.807, 2.05) is 24.3 Å². The molecule has 0 amide bonds. The molecule has 3 aromatic rings. The highest BCUT2D eigenvalue weighted by molar-refractivity contribution is 6.31.